The molecule has 0 bridgehead atoms. The van der Waals surface area contributed by atoms with Crippen LogP contribution in [-0.4, -0.2) is 26.7 Å². The Morgan fingerprint density at radius 3 is 2.81 bits per heavy atom. The Kier molecular flexibility index (Phi) is 6.06. The molecular weight excluding hydrogens is 410 g/mol. The molecule has 1 unspecified atom stereocenters. The zero-order valence-electron chi connectivity index (χ0n) is 15.5. The standard InChI is InChI=1S/C21H22BrNO4/c1-13-4-6-18-15(10-13)17(8-9-27-18)23-20(24)7-5-14-11-16(22)21(26-3)19(12-14)25-2/h4-7,10-12,17H,8-9H2,1-3H3,(H,23,24)/b7-5+. The van der Waals surface area contributed by atoms with Crippen molar-refractivity contribution in [1.82, 2.24) is 5.32 Å². The molecule has 1 N–H and O–H groups in total. The lowest BCUT2D eigenvalue weighted by Gasteiger charge is -2.26. The van der Waals surface area contributed by atoms with E-state index in [0.717, 1.165) is 33.3 Å². The van der Waals surface area contributed by atoms with Crippen LogP contribution in [0.2, 0.25) is 0 Å². The normalized spacial score (nSPS) is 15.8. The number of fused-ring (bicyclic) bond motifs is 1. The lowest BCUT2D eigenvalue weighted by atomic mass is 9.98. The summed E-state index contributed by atoms with van der Waals surface area (Å²) in [6, 6.07) is 9.67. The summed E-state index contributed by atoms with van der Waals surface area (Å²) in [4.78, 5) is 12.4. The first-order valence-corrected chi connectivity index (χ1v) is 9.44. The highest BCUT2D eigenvalue weighted by atomic mass is 79.9. The third-order valence-electron chi connectivity index (χ3n) is 4.40. The second-order valence-corrected chi connectivity index (χ2v) is 7.17. The van der Waals surface area contributed by atoms with Gasteiger partial charge in [-0.05, 0) is 52.7 Å². The third-order valence-corrected chi connectivity index (χ3v) is 4.99. The van der Waals surface area contributed by atoms with Crippen molar-refractivity contribution >= 4 is 27.9 Å². The van der Waals surface area contributed by atoms with E-state index in [1.807, 2.05) is 31.2 Å². The largest absolute Gasteiger partial charge is 0.493 e. The number of hydrogen-bond donors (Lipinski definition) is 1. The molecule has 27 heavy (non-hydrogen) atoms. The monoisotopic (exact) mass is 431 g/mol. The minimum Gasteiger partial charge on any atom is -0.493 e. The summed E-state index contributed by atoms with van der Waals surface area (Å²) < 4.78 is 17.1. The Hall–Kier alpha value is -2.47. The zero-order valence-corrected chi connectivity index (χ0v) is 17.1. The van der Waals surface area contributed by atoms with Gasteiger partial charge in [-0.15, -0.1) is 0 Å². The second kappa shape index (κ2) is 8.48. The van der Waals surface area contributed by atoms with Crippen molar-refractivity contribution in [1.29, 1.82) is 0 Å². The van der Waals surface area contributed by atoms with Crippen molar-refractivity contribution in [2.75, 3.05) is 20.8 Å². The number of ether oxygens (including phenoxy) is 3. The van der Waals surface area contributed by atoms with Gasteiger partial charge in [-0.25, -0.2) is 0 Å². The number of carbonyl (C=O) groups excluding carboxylic acids is 1. The smallest absolute Gasteiger partial charge is 0.244 e. The topological polar surface area (TPSA) is 56.8 Å². The fourth-order valence-electron chi connectivity index (χ4n) is 3.09. The van der Waals surface area contributed by atoms with E-state index < -0.39 is 0 Å². The first kappa shape index (κ1) is 19.3. The van der Waals surface area contributed by atoms with Crippen LogP contribution in [0.4, 0.5) is 0 Å². The summed E-state index contributed by atoms with van der Waals surface area (Å²) >= 11 is 3.46. The molecule has 6 heteroatoms. The van der Waals surface area contributed by atoms with Crippen molar-refractivity contribution in [2.45, 2.75) is 19.4 Å². The molecular formula is C21H22BrNO4. The van der Waals surface area contributed by atoms with Gasteiger partial charge in [0.05, 0.1) is 31.3 Å². The van der Waals surface area contributed by atoms with E-state index in [-0.39, 0.29) is 11.9 Å². The van der Waals surface area contributed by atoms with Crippen LogP contribution in [0, 0.1) is 6.92 Å². The first-order valence-electron chi connectivity index (χ1n) is 8.65. The number of nitrogens with one attached hydrogen (secondary N) is 1. The summed E-state index contributed by atoms with van der Waals surface area (Å²) in [5.74, 6) is 1.90. The van der Waals surface area contributed by atoms with Gasteiger partial charge in [0, 0.05) is 18.1 Å². The molecule has 1 aliphatic heterocycles. The highest BCUT2D eigenvalue weighted by Gasteiger charge is 2.22. The minimum atomic E-state index is -0.153. The van der Waals surface area contributed by atoms with Crippen molar-refractivity contribution in [3.63, 3.8) is 0 Å². The van der Waals surface area contributed by atoms with Crippen LogP contribution in [0.15, 0.2) is 40.9 Å². The van der Waals surface area contributed by atoms with Gasteiger partial charge in [0.2, 0.25) is 5.91 Å². The fourth-order valence-corrected chi connectivity index (χ4v) is 3.71. The van der Waals surface area contributed by atoms with Crippen LogP contribution < -0.4 is 19.5 Å². The minimum absolute atomic E-state index is 0.0528. The van der Waals surface area contributed by atoms with Gasteiger partial charge in [0.15, 0.2) is 11.5 Å². The van der Waals surface area contributed by atoms with Crippen LogP contribution in [-0.2, 0) is 4.79 Å². The lowest BCUT2D eigenvalue weighted by Crippen LogP contribution is -2.31. The molecule has 3 rings (SSSR count). The predicted octanol–water partition coefficient (Wildman–Crippen LogP) is 4.43. The summed E-state index contributed by atoms with van der Waals surface area (Å²) in [6.07, 6.45) is 4.02. The Labute approximate surface area is 167 Å². The molecule has 0 radical (unpaired) electrons. The van der Waals surface area contributed by atoms with E-state index in [1.165, 1.54) is 6.08 Å². The molecule has 0 aromatic heterocycles. The van der Waals surface area contributed by atoms with E-state index >= 15 is 0 Å². The molecule has 1 amide bonds. The van der Waals surface area contributed by atoms with Crippen LogP contribution in [0.3, 0.4) is 0 Å². The van der Waals surface area contributed by atoms with Gasteiger partial charge in [0.25, 0.3) is 0 Å². The maximum atomic E-state index is 12.4. The quantitative estimate of drug-likeness (QED) is 0.711. The summed E-state index contributed by atoms with van der Waals surface area (Å²) in [6.45, 7) is 2.62. The molecule has 1 aliphatic rings. The van der Waals surface area contributed by atoms with E-state index in [0.29, 0.717) is 18.1 Å². The molecule has 0 spiro atoms. The van der Waals surface area contributed by atoms with Crippen molar-refractivity contribution in [3.8, 4) is 17.2 Å². The van der Waals surface area contributed by atoms with E-state index in [1.54, 1.807) is 20.3 Å². The number of aryl methyl sites for hydroxylation is 1. The molecule has 1 heterocycles. The maximum Gasteiger partial charge on any atom is 0.244 e. The number of rotatable bonds is 5. The van der Waals surface area contributed by atoms with E-state index in [9.17, 15) is 4.79 Å². The Bertz CT molecular complexity index is 879. The highest BCUT2D eigenvalue weighted by Crippen LogP contribution is 2.36. The number of amides is 1. The van der Waals surface area contributed by atoms with Gasteiger partial charge in [-0.2, -0.15) is 0 Å². The summed E-state index contributed by atoms with van der Waals surface area (Å²) in [7, 11) is 3.16. The molecule has 2 aromatic carbocycles. The average molecular weight is 432 g/mol. The van der Waals surface area contributed by atoms with Crippen molar-refractivity contribution in [2.24, 2.45) is 0 Å². The number of carbonyl (C=O) groups is 1. The van der Waals surface area contributed by atoms with Crippen LogP contribution in [0.5, 0.6) is 17.2 Å². The van der Waals surface area contributed by atoms with E-state index in [2.05, 4.69) is 27.3 Å². The fraction of sp³-hybridized carbons (Fsp3) is 0.286. The number of hydrogen-bond acceptors (Lipinski definition) is 4. The Balaban J connectivity index is 1.74. The molecule has 2 aromatic rings. The molecule has 5 nitrogen and oxygen atoms in total. The average Bonchev–Trinajstić information content (AvgIpc) is 2.66. The molecule has 1 atom stereocenters. The van der Waals surface area contributed by atoms with Gasteiger partial charge in [-0.3, -0.25) is 4.79 Å². The van der Waals surface area contributed by atoms with Crippen LogP contribution >= 0.6 is 15.9 Å². The Morgan fingerprint density at radius 2 is 2.07 bits per heavy atom. The zero-order chi connectivity index (χ0) is 19.4. The SMILES string of the molecule is COc1cc(/C=C/C(=O)NC2CCOc3ccc(C)cc32)cc(Br)c1OC. The van der Waals surface area contributed by atoms with Gasteiger partial charge < -0.3 is 19.5 Å². The first-order chi connectivity index (χ1) is 13.0. The maximum absolute atomic E-state index is 12.4. The van der Waals surface area contributed by atoms with Crippen molar-refractivity contribution < 1.29 is 19.0 Å². The Morgan fingerprint density at radius 1 is 1.26 bits per heavy atom. The second-order valence-electron chi connectivity index (χ2n) is 6.31. The molecule has 0 aliphatic carbocycles. The van der Waals surface area contributed by atoms with Gasteiger partial charge in [-0.1, -0.05) is 17.7 Å². The molecule has 0 saturated carbocycles. The summed E-state index contributed by atoms with van der Waals surface area (Å²) in [5.41, 5.74) is 3.00. The number of methoxy groups -OCH3 is 2. The third kappa shape index (κ3) is 4.45. The molecule has 0 saturated heterocycles. The van der Waals surface area contributed by atoms with Crippen molar-refractivity contribution in [3.05, 3.63) is 57.6 Å². The molecule has 142 valence electrons. The lowest BCUT2D eigenvalue weighted by molar-refractivity contribution is -0.117. The predicted molar refractivity (Wildman–Crippen MR) is 108 cm³/mol. The van der Waals surface area contributed by atoms with Crippen LogP contribution in [0.1, 0.15) is 29.2 Å². The number of halogens is 1. The van der Waals surface area contributed by atoms with Gasteiger partial charge in [0.1, 0.15) is 5.75 Å². The van der Waals surface area contributed by atoms with E-state index in [4.69, 9.17) is 14.2 Å². The summed E-state index contributed by atoms with van der Waals surface area (Å²) in [5, 5.41) is 3.06. The van der Waals surface area contributed by atoms with Crippen LogP contribution in [0.25, 0.3) is 6.08 Å². The highest BCUT2D eigenvalue weighted by molar-refractivity contribution is 9.10. The van der Waals surface area contributed by atoms with Gasteiger partial charge >= 0.3 is 0 Å². The number of benzene rings is 2. The molecule has 0 fully saturated rings.